The molecule has 52 valence electrons. The van der Waals surface area contributed by atoms with E-state index in [1.807, 2.05) is 6.92 Å². The van der Waals surface area contributed by atoms with Crippen LogP contribution in [0.5, 0.6) is 0 Å². The number of halogens is 1. The van der Waals surface area contributed by atoms with E-state index >= 15 is 0 Å². The second-order valence-corrected chi connectivity index (χ2v) is 2.25. The summed E-state index contributed by atoms with van der Waals surface area (Å²) in [6, 6.07) is 0. The summed E-state index contributed by atoms with van der Waals surface area (Å²) in [4.78, 5) is 10.7. The van der Waals surface area contributed by atoms with Gasteiger partial charge in [-0.05, 0) is 13.3 Å². The van der Waals surface area contributed by atoms with Crippen LogP contribution >= 0.6 is 0 Å². The molecule has 1 amide bonds. The number of rotatable bonds is 2. The van der Waals surface area contributed by atoms with Gasteiger partial charge in [0.25, 0.3) is 0 Å². The third kappa shape index (κ3) is 1.40. The Morgan fingerprint density at radius 1 is 1.89 bits per heavy atom. The molecule has 1 N–H and O–H groups in total. The summed E-state index contributed by atoms with van der Waals surface area (Å²) in [5, 5.41) is 2.56. The summed E-state index contributed by atoms with van der Waals surface area (Å²) in [6.45, 7) is 2.43. The maximum atomic E-state index is 12.1. The van der Waals surface area contributed by atoms with E-state index in [2.05, 4.69) is 5.32 Å². The third-order valence-electron chi connectivity index (χ3n) is 1.40. The fraction of sp³-hybridized carbons (Fsp3) is 0.833. The monoisotopic (exact) mass is 131 g/mol. The zero-order valence-corrected chi connectivity index (χ0v) is 5.36. The standard InChI is InChI=1S/C6H10FNO/c1-2-8-6(9)4-3-5(4)7/h4-5H,2-3H2,1H3,(H,8,9)/t4-,5-/m0/s1. The Morgan fingerprint density at radius 2 is 2.44 bits per heavy atom. The van der Waals surface area contributed by atoms with Gasteiger partial charge in [0, 0.05) is 6.54 Å². The highest BCUT2D eigenvalue weighted by atomic mass is 19.1. The summed E-state index contributed by atoms with van der Waals surface area (Å²) >= 11 is 0. The van der Waals surface area contributed by atoms with Crippen LogP contribution in [-0.4, -0.2) is 18.6 Å². The SMILES string of the molecule is CCNC(=O)[C@H]1C[C@@H]1F. The van der Waals surface area contributed by atoms with Crippen molar-refractivity contribution in [3.8, 4) is 0 Å². The van der Waals surface area contributed by atoms with E-state index in [9.17, 15) is 9.18 Å². The minimum atomic E-state index is -0.864. The first-order chi connectivity index (χ1) is 4.25. The molecule has 1 aliphatic rings. The molecule has 0 aromatic carbocycles. The van der Waals surface area contributed by atoms with Crippen LogP contribution in [0.3, 0.4) is 0 Å². The van der Waals surface area contributed by atoms with Gasteiger partial charge in [-0.15, -0.1) is 0 Å². The zero-order chi connectivity index (χ0) is 6.85. The minimum Gasteiger partial charge on any atom is -0.356 e. The number of carbonyl (C=O) groups excluding carboxylic acids is 1. The molecule has 0 saturated heterocycles. The fourth-order valence-electron chi connectivity index (χ4n) is 0.741. The molecule has 0 unspecified atom stereocenters. The molecule has 1 aliphatic carbocycles. The van der Waals surface area contributed by atoms with E-state index in [4.69, 9.17) is 0 Å². The maximum Gasteiger partial charge on any atom is 0.226 e. The average Bonchev–Trinajstić information content (AvgIpc) is 2.47. The van der Waals surface area contributed by atoms with Gasteiger partial charge in [0.2, 0.25) is 5.91 Å². The highest BCUT2D eigenvalue weighted by Gasteiger charge is 2.43. The molecule has 3 heteroatoms. The fourth-order valence-corrected chi connectivity index (χ4v) is 0.741. The molecular weight excluding hydrogens is 121 g/mol. The number of carbonyl (C=O) groups is 1. The van der Waals surface area contributed by atoms with Gasteiger partial charge in [0.1, 0.15) is 6.17 Å². The molecule has 0 aromatic rings. The van der Waals surface area contributed by atoms with E-state index in [-0.39, 0.29) is 11.8 Å². The van der Waals surface area contributed by atoms with Crippen molar-refractivity contribution in [2.24, 2.45) is 5.92 Å². The Kier molecular flexibility index (Phi) is 1.69. The topological polar surface area (TPSA) is 29.1 Å². The molecule has 2 nitrogen and oxygen atoms in total. The maximum absolute atomic E-state index is 12.1. The smallest absolute Gasteiger partial charge is 0.226 e. The Labute approximate surface area is 53.4 Å². The van der Waals surface area contributed by atoms with Crippen LogP contribution in [0.1, 0.15) is 13.3 Å². The summed E-state index contributed by atoms with van der Waals surface area (Å²) < 4.78 is 12.1. The van der Waals surface area contributed by atoms with Crippen LogP contribution in [0.2, 0.25) is 0 Å². The largest absolute Gasteiger partial charge is 0.356 e. The van der Waals surface area contributed by atoms with Crippen LogP contribution in [-0.2, 0) is 4.79 Å². The number of nitrogens with one attached hydrogen (secondary N) is 1. The molecule has 1 saturated carbocycles. The third-order valence-corrected chi connectivity index (χ3v) is 1.40. The van der Waals surface area contributed by atoms with E-state index < -0.39 is 6.17 Å². The Bertz CT molecular complexity index is 126. The van der Waals surface area contributed by atoms with Gasteiger partial charge < -0.3 is 5.32 Å². The molecule has 0 bridgehead atoms. The summed E-state index contributed by atoms with van der Waals surface area (Å²) in [6.07, 6.45) is -0.442. The van der Waals surface area contributed by atoms with Crippen molar-refractivity contribution >= 4 is 5.91 Å². The first-order valence-corrected chi connectivity index (χ1v) is 3.17. The molecule has 1 fully saturated rings. The van der Waals surface area contributed by atoms with E-state index in [0.29, 0.717) is 13.0 Å². The molecule has 1 rings (SSSR count). The molecule has 2 atom stereocenters. The predicted molar refractivity (Wildman–Crippen MR) is 31.7 cm³/mol. The van der Waals surface area contributed by atoms with Crippen molar-refractivity contribution in [1.82, 2.24) is 5.32 Å². The van der Waals surface area contributed by atoms with Crippen LogP contribution in [0.25, 0.3) is 0 Å². The average molecular weight is 131 g/mol. The van der Waals surface area contributed by atoms with Crippen molar-refractivity contribution in [2.75, 3.05) is 6.54 Å². The first kappa shape index (κ1) is 6.52. The predicted octanol–water partition coefficient (Wildman–Crippen LogP) is 0.480. The van der Waals surface area contributed by atoms with Crippen molar-refractivity contribution in [2.45, 2.75) is 19.5 Å². The zero-order valence-electron chi connectivity index (χ0n) is 5.36. The van der Waals surface area contributed by atoms with Gasteiger partial charge in [0.05, 0.1) is 5.92 Å². The van der Waals surface area contributed by atoms with Gasteiger partial charge in [-0.2, -0.15) is 0 Å². The molecule has 0 radical (unpaired) electrons. The molecule has 9 heavy (non-hydrogen) atoms. The Morgan fingerprint density at radius 3 is 2.78 bits per heavy atom. The number of amides is 1. The second kappa shape index (κ2) is 2.33. The van der Waals surface area contributed by atoms with Crippen molar-refractivity contribution < 1.29 is 9.18 Å². The molecule has 0 aliphatic heterocycles. The van der Waals surface area contributed by atoms with Crippen molar-refractivity contribution in [3.05, 3.63) is 0 Å². The van der Waals surface area contributed by atoms with Crippen molar-refractivity contribution in [3.63, 3.8) is 0 Å². The second-order valence-electron chi connectivity index (χ2n) is 2.25. The molecule has 0 heterocycles. The van der Waals surface area contributed by atoms with E-state index in [0.717, 1.165) is 0 Å². The van der Waals surface area contributed by atoms with E-state index in [1.165, 1.54) is 0 Å². The van der Waals surface area contributed by atoms with E-state index in [1.54, 1.807) is 0 Å². The minimum absolute atomic E-state index is 0.134. The summed E-state index contributed by atoms with van der Waals surface area (Å²) in [5.41, 5.74) is 0. The van der Waals surface area contributed by atoms with Crippen molar-refractivity contribution in [1.29, 1.82) is 0 Å². The summed E-state index contributed by atoms with van der Waals surface area (Å²) in [7, 11) is 0. The number of alkyl halides is 1. The lowest BCUT2D eigenvalue weighted by Crippen LogP contribution is -2.24. The Hall–Kier alpha value is -0.600. The Balaban J connectivity index is 2.20. The highest BCUT2D eigenvalue weighted by Crippen LogP contribution is 2.33. The lowest BCUT2D eigenvalue weighted by Gasteiger charge is -1.96. The quantitative estimate of drug-likeness (QED) is 0.580. The van der Waals surface area contributed by atoms with Gasteiger partial charge in [0.15, 0.2) is 0 Å². The van der Waals surface area contributed by atoms with Crippen LogP contribution in [0.4, 0.5) is 4.39 Å². The lowest BCUT2D eigenvalue weighted by molar-refractivity contribution is -0.122. The molecule has 0 spiro atoms. The number of hydrogen-bond acceptors (Lipinski definition) is 1. The van der Waals surface area contributed by atoms with Crippen LogP contribution < -0.4 is 5.32 Å². The van der Waals surface area contributed by atoms with Gasteiger partial charge in [-0.3, -0.25) is 4.79 Å². The van der Waals surface area contributed by atoms with Crippen LogP contribution in [0.15, 0.2) is 0 Å². The normalized spacial score (nSPS) is 31.8. The lowest BCUT2D eigenvalue weighted by atomic mass is 10.4. The number of hydrogen-bond donors (Lipinski definition) is 1. The molecular formula is C6H10FNO. The summed E-state index contributed by atoms with van der Waals surface area (Å²) in [5.74, 6) is -0.463. The van der Waals surface area contributed by atoms with Gasteiger partial charge >= 0.3 is 0 Å². The molecule has 0 aromatic heterocycles. The van der Waals surface area contributed by atoms with Crippen LogP contribution in [0, 0.1) is 5.92 Å². The van der Waals surface area contributed by atoms with Gasteiger partial charge in [-0.25, -0.2) is 4.39 Å². The van der Waals surface area contributed by atoms with Gasteiger partial charge in [-0.1, -0.05) is 0 Å². The highest BCUT2D eigenvalue weighted by molar-refractivity contribution is 5.81. The first-order valence-electron chi connectivity index (χ1n) is 3.17.